The van der Waals surface area contributed by atoms with Gasteiger partial charge in [0.1, 0.15) is 0 Å². The molecule has 1 N–H and O–H groups in total. The van der Waals surface area contributed by atoms with Crippen LogP contribution in [0.1, 0.15) is 34.0 Å². The molecule has 0 fully saturated rings. The highest BCUT2D eigenvalue weighted by molar-refractivity contribution is 7.05. The highest BCUT2D eigenvalue weighted by Crippen LogP contribution is 2.22. The van der Waals surface area contributed by atoms with Crippen molar-refractivity contribution in [3.8, 4) is 0 Å². The third-order valence-electron chi connectivity index (χ3n) is 4.13. The van der Waals surface area contributed by atoms with Crippen molar-refractivity contribution in [3.63, 3.8) is 0 Å². The summed E-state index contributed by atoms with van der Waals surface area (Å²) >= 11 is 1.21. The molecule has 0 aliphatic rings. The molecule has 0 aliphatic carbocycles. The van der Waals surface area contributed by atoms with Crippen LogP contribution in [0.25, 0.3) is 10.9 Å². The summed E-state index contributed by atoms with van der Waals surface area (Å²) in [6.07, 6.45) is 0. The molecule has 0 saturated carbocycles. The predicted octanol–water partition coefficient (Wildman–Crippen LogP) is 4.26. The Balaban J connectivity index is 1.97. The summed E-state index contributed by atoms with van der Waals surface area (Å²) in [7, 11) is 0. The molecule has 4 nitrogen and oxygen atoms in total. The van der Waals surface area contributed by atoms with Crippen LogP contribution in [0.2, 0.25) is 0 Å². The van der Waals surface area contributed by atoms with Crippen LogP contribution in [0.3, 0.4) is 0 Å². The first-order valence-electron chi connectivity index (χ1n) is 7.93. The van der Waals surface area contributed by atoms with Crippen LogP contribution < -0.4 is 10.1 Å². The maximum absolute atomic E-state index is 12.7. The smallest absolute Gasteiger partial charge is 0.257 e. The average molecular weight is 340 g/mol. The Morgan fingerprint density at radius 3 is 2.42 bits per heavy atom. The fourth-order valence-electron chi connectivity index (χ4n) is 3.16. The maximum atomic E-state index is 12.7. The summed E-state index contributed by atoms with van der Waals surface area (Å²) < 4.78 is 1.98. The Bertz CT molecular complexity index is 975. The molecule has 2 aromatic carbocycles. The van der Waals surface area contributed by atoms with E-state index in [1.54, 1.807) is 6.07 Å². The number of carbonyl (C=O) groups excluding carboxylic acids is 1. The first kappa shape index (κ1) is 16.5. The minimum absolute atomic E-state index is 0.0191. The number of nitrogens with one attached hydrogen (secondary N) is 1. The van der Waals surface area contributed by atoms with Crippen LogP contribution in [0.5, 0.6) is 0 Å². The largest absolute Gasteiger partial charge is 0.322 e. The molecular weight excluding hydrogens is 320 g/mol. The fourth-order valence-corrected chi connectivity index (χ4v) is 4.01. The predicted molar refractivity (Wildman–Crippen MR) is 100 cm³/mol. The number of anilines is 1. The van der Waals surface area contributed by atoms with Crippen LogP contribution in [0.4, 0.5) is 5.69 Å². The number of rotatable bonds is 3. The molecule has 0 bridgehead atoms. The lowest BCUT2D eigenvalue weighted by Crippen LogP contribution is -2.15. The van der Waals surface area contributed by atoms with Gasteiger partial charge in [0.15, 0.2) is 0 Å². The van der Waals surface area contributed by atoms with Gasteiger partial charge in [0.2, 0.25) is 0 Å². The Hall–Kier alpha value is -2.40. The number of hydrogen-bond donors (Lipinski definition) is 1. The summed E-state index contributed by atoms with van der Waals surface area (Å²) in [6.45, 7) is 8.67. The van der Waals surface area contributed by atoms with E-state index >= 15 is 0 Å². The van der Waals surface area contributed by atoms with Crippen molar-refractivity contribution >= 4 is 34.0 Å². The molecular formula is C19H20N2O2S. The van der Waals surface area contributed by atoms with Gasteiger partial charge in [-0.3, -0.25) is 13.5 Å². The van der Waals surface area contributed by atoms with E-state index in [1.165, 1.54) is 11.5 Å². The van der Waals surface area contributed by atoms with Crippen molar-refractivity contribution in [1.29, 1.82) is 0 Å². The lowest BCUT2D eigenvalue weighted by Gasteiger charge is -2.12. The van der Waals surface area contributed by atoms with E-state index in [2.05, 4.69) is 5.32 Å². The van der Waals surface area contributed by atoms with Crippen molar-refractivity contribution in [2.45, 2.75) is 34.2 Å². The zero-order chi connectivity index (χ0) is 17.4. The topological polar surface area (TPSA) is 51.1 Å². The normalized spacial score (nSPS) is 11.0. The number of aryl methyl sites for hydroxylation is 4. The zero-order valence-corrected chi connectivity index (χ0v) is 15.1. The van der Waals surface area contributed by atoms with E-state index in [0.717, 1.165) is 28.8 Å². The molecule has 124 valence electrons. The van der Waals surface area contributed by atoms with Crippen LogP contribution >= 0.6 is 11.5 Å². The van der Waals surface area contributed by atoms with Gasteiger partial charge < -0.3 is 5.32 Å². The van der Waals surface area contributed by atoms with Crippen LogP contribution in [0.15, 0.2) is 35.1 Å². The molecule has 0 unspecified atom stereocenters. The summed E-state index contributed by atoms with van der Waals surface area (Å²) in [5, 5.41) is 3.57. The summed E-state index contributed by atoms with van der Waals surface area (Å²) in [5.41, 5.74) is 5.29. The molecule has 3 rings (SSSR count). The number of carbonyl (C=O) groups is 1. The second kappa shape index (κ2) is 6.24. The Morgan fingerprint density at radius 1 is 1.12 bits per heavy atom. The van der Waals surface area contributed by atoms with E-state index in [1.807, 2.05) is 55.9 Å². The number of aromatic nitrogens is 1. The molecule has 1 amide bonds. The molecule has 0 spiro atoms. The maximum Gasteiger partial charge on any atom is 0.257 e. The fraction of sp³-hybridized carbons (Fsp3) is 0.263. The van der Waals surface area contributed by atoms with Crippen LogP contribution in [0, 0.1) is 20.8 Å². The summed E-state index contributed by atoms with van der Waals surface area (Å²) in [6, 6.07) is 9.50. The van der Waals surface area contributed by atoms with Gasteiger partial charge in [0.05, 0.1) is 10.9 Å². The lowest BCUT2D eigenvalue weighted by molar-refractivity contribution is 0.102. The van der Waals surface area contributed by atoms with E-state index in [9.17, 15) is 9.59 Å². The van der Waals surface area contributed by atoms with Gasteiger partial charge in [-0.15, -0.1) is 0 Å². The summed E-state index contributed by atoms with van der Waals surface area (Å²) in [4.78, 5) is 24.8. The van der Waals surface area contributed by atoms with Crippen molar-refractivity contribution in [3.05, 3.63) is 62.1 Å². The first-order valence-corrected chi connectivity index (χ1v) is 8.71. The van der Waals surface area contributed by atoms with Gasteiger partial charge in [-0.2, -0.15) is 0 Å². The Labute approximate surface area is 144 Å². The molecule has 5 heteroatoms. The van der Waals surface area contributed by atoms with Crippen LogP contribution in [-0.2, 0) is 6.54 Å². The number of nitrogens with zero attached hydrogens (tertiary/aromatic N) is 1. The molecule has 24 heavy (non-hydrogen) atoms. The molecule has 0 aliphatic heterocycles. The SMILES string of the molecule is CCn1sc(=O)c2cc(NC(=O)c3c(C)cc(C)cc3C)ccc21. The lowest BCUT2D eigenvalue weighted by atomic mass is 9.99. The minimum atomic E-state index is -0.143. The van der Waals surface area contributed by atoms with E-state index in [4.69, 9.17) is 0 Å². The zero-order valence-electron chi connectivity index (χ0n) is 14.3. The van der Waals surface area contributed by atoms with Gasteiger partial charge in [-0.05, 0) is 68.6 Å². The number of fused-ring (bicyclic) bond motifs is 1. The number of hydrogen-bond acceptors (Lipinski definition) is 3. The van der Waals surface area contributed by atoms with Crippen LogP contribution in [-0.4, -0.2) is 9.86 Å². The van der Waals surface area contributed by atoms with E-state index < -0.39 is 0 Å². The quantitative estimate of drug-likeness (QED) is 0.774. The Kier molecular flexibility index (Phi) is 4.28. The molecule has 3 aromatic rings. The second-order valence-electron chi connectivity index (χ2n) is 6.03. The monoisotopic (exact) mass is 340 g/mol. The van der Waals surface area contributed by atoms with Crippen molar-refractivity contribution in [1.82, 2.24) is 3.96 Å². The van der Waals surface area contributed by atoms with Crippen molar-refractivity contribution in [2.24, 2.45) is 0 Å². The highest BCUT2D eigenvalue weighted by atomic mass is 32.1. The molecule has 0 atom stereocenters. The van der Waals surface area contributed by atoms with Crippen molar-refractivity contribution < 1.29 is 4.79 Å². The third-order valence-corrected chi connectivity index (χ3v) is 5.19. The molecule has 1 heterocycles. The number of benzene rings is 2. The third kappa shape index (κ3) is 2.87. The van der Waals surface area contributed by atoms with E-state index in [-0.39, 0.29) is 10.6 Å². The van der Waals surface area contributed by atoms with Crippen molar-refractivity contribution in [2.75, 3.05) is 5.32 Å². The number of amides is 1. The van der Waals surface area contributed by atoms with Gasteiger partial charge in [-0.25, -0.2) is 0 Å². The highest BCUT2D eigenvalue weighted by Gasteiger charge is 2.14. The molecule has 1 aromatic heterocycles. The Morgan fingerprint density at radius 2 is 1.79 bits per heavy atom. The van der Waals surface area contributed by atoms with E-state index in [0.29, 0.717) is 16.6 Å². The van der Waals surface area contributed by atoms with Gasteiger partial charge >= 0.3 is 0 Å². The van der Waals surface area contributed by atoms with Gasteiger partial charge in [-0.1, -0.05) is 17.7 Å². The van der Waals surface area contributed by atoms with Gasteiger partial charge in [0.25, 0.3) is 10.6 Å². The second-order valence-corrected chi connectivity index (χ2v) is 7.03. The molecule has 0 saturated heterocycles. The summed E-state index contributed by atoms with van der Waals surface area (Å²) in [5.74, 6) is -0.143. The average Bonchev–Trinajstić information content (AvgIpc) is 2.82. The first-order chi connectivity index (χ1) is 11.4. The van der Waals surface area contributed by atoms with Gasteiger partial charge in [0, 0.05) is 17.8 Å². The standard InChI is InChI=1S/C19H20N2O2S/c1-5-21-16-7-6-14(10-15(16)19(23)24-21)20-18(22)17-12(3)8-11(2)9-13(17)4/h6-10H,5H2,1-4H3,(H,20,22). The minimum Gasteiger partial charge on any atom is -0.322 e. The molecule has 0 radical (unpaired) electrons.